The number of carbonyl (C=O) groups is 2. The monoisotopic (exact) mass is 351 g/mol. The summed E-state index contributed by atoms with van der Waals surface area (Å²) < 4.78 is 11.3. The van der Waals surface area contributed by atoms with E-state index in [-0.39, 0.29) is 30.0 Å². The number of nitrogens with zero attached hydrogens (tertiary/aromatic N) is 1. The highest BCUT2D eigenvalue weighted by Crippen LogP contribution is 2.36. The van der Waals surface area contributed by atoms with Crippen LogP contribution in [0.2, 0.25) is 0 Å². The van der Waals surface area contributed by atoms with Crippen LogP contribution in [0.15, 0.2) is 0 Å². The number of amides is 1. The topological polar surface area (TPSA) is 55.8 Å². The average molecular weight is 351 g/mol. The van der Waals surface area contributed by atoms with Gasteiger partial charge in [-0.25, -0.2) is 4.79 Å². The number of piperidine rings is 1. The lowest BCUT2D eigenvalue weighted by molar-refractivity contribution is -0.136. The minimum atomic E-state index is -0.501. The molecule has 2 heterocycles. The molecule has 2 bridgehead atoms. The molecule has 0 aromatic carbocycles. The molecule has 2 atom stereocenters. The van der Waals surface area contributed by atoms with Crippen molar-refractivity contribution in [2.75, 3.05) is 13.2 Å². The zero-order valence-electron chi connectivity index (χ0n) is 16.0. The minimum Gasteiger partial charge on any atom is -0.444 e. The maximum absolute atomic E-state index is 13.1. The molecule has 1 saturated carbocycles. The van der Waals surface area contributed by atoms with Crippen LogP contribution < -0.4 is 0 Å². The molecule has 3 rings (SSSR count). The lowest BCUT2D eigenvalue weighted by atomic mass is 9.77. The van der Waals surface area contributed by atoms with Crippen molar-refractivity contribution >= 4 is 11.9 Å². The average Bonchev–Trinajstić information content (AvgIpc) is 2.80. The minimum absolute atomic E-state index is 0.0259. The Bertz CT molecular complexity index is 476. The number of fused-ring (bicyclic) bond motifs is 2. The first-order chi connectivity index (χ1) is 11.8. The Morgan fingerprint density at radius 3 is 2.00 bits per heavy atom. The van der Waals surface area contributed by atoms with Gasteiger partial charge in [0.1, 0.15) is 11.4 Å². The third-order valence-corrected chi connectivity index (χ3v) is 5.78. The third kappa shape index (κ3) is 4.55. The summed E-state index contributed by atoms with van der Waals surface area (Å²) in [5, 5.41) is 0. The summed E-state index contributed by atoms with van der Waals surface area (Å²) in [6.45, 7) is 6.70. The highest BCUT2D eigenvalue weighted by Gasteiger charge is 2.45. The van der Waals surface area contributed by atoms with E-state index >= 15 is 0 Å². The fourth-order valence-electron chi connectivity index (χ4n) is 4.66. The van der Waals surface area contributed by atoms with E-state index < -0.39 is 5.60 Å². The summed E-state index contributed by atoms with van der Waals surface area (Å²) in [6.07, 6.45) is 8.20. The third-order valence-electron chi connectivity index (χ3n) is 5.78. The molecule has 0 spiro atoms. The Morgan fingerprint density at radius 2 is 1.48 bits per heavy atom. The van der Waals surface area contributed by atoms with Gasteiger partial charge >= 0.3 is 6.09 Å². The van der Waals surface area contributed by atoms with Gasteiger partial charge in [-0.1, -0.05) is 25.7 Å². The van der Waals surface area contributed by atoms with Gasteiger partial charge < -0.3 is 9.47 Å². The van der Waals surface area contributed by atoms with E-state index in [2.05, 4.69) is 0 Å². The number of hydrogen-bond donors (Lipinski definition) is 0. The van der Waals surface area contributed by atoms with Crippen LogP contribution in [0.3, 0.4) is 0 Å². The van der Waals surface area contributed by atoms with Gasteiger partial charge in [0.05, 0.1) is 25.3 Å². The quantitative estimate of drug-likeness (QED) is 0.707. The van der Waals surface area contributed by atoms with E-state index in [1.54, 1.807) is 0 Å². The first kappa shape index (κ1) is 18.7. The zero-order chi connectivity index (χ0) is 18.0. The van der Waals surface area contributed by atoms with Crippen molar-refractivity contribution in [1.29, 1.82) is 0 Å². The largest absolute Gasteiger partial charge is 0.444 e. The first-order valence-electron chi connectivity index (χ1n) is 9.98. The van der Waals surface area contributed by atoms with Crippen molar-refractivity contribution in [3.63, 3.8) is 0 Å². The van der Waals surface area contributed by atoms with Crippen molar-refractivity contribution in [1.82, 2.24) is 4.90 Å². The van der Waals surface area contributed by atoms with Crippen molar-refractivity contribution in [3.05, 3.63) is 0 Å². The Hall–Kier alpha value is -1.10. The van der Waals surface area contributed by atoms with E-state index in [1.165, 1.54) is 25.7 Å². The lowest BCUT2D eigenvalue weighted by Gasteiger charge is -2.48. The van der Waals surface area contributed by atoms with Crippen LogP contribution in [0.5, 0.6) is 0 Å². The number of hydrogen-bond acceptors (Lipinski definition) is 4. The van der Waals surface area contributed by atoms with Gasteiger partial charge in [0.2, 0.25) is 0 Å². The molecule has 1 amide bonds. The van der Waals surface area contributed by atoms with Crippen molar-refractivity contribution < 1.29 is 19.1 Å². The molecule has 2 saturated heterocycles. The Morgan fingerprint density at radius 1 is 0.920 bits per heavy atom. The summed E-state index contributed by atoms with van der Waals surface area (Å²) >= 11 is 0. The second-order valence-corrected chi connectivity index (χ2v) is 8.99. The molecular formula is C20H33NO4. The molecule has 3 fully saturated rings. The van der Waals surface area contributed by atoms with Gasteiger partial charge in [-0.15, -0.1) is 0 Å². The van der Waals surface area contributed by atoms with Gasteiger partial charge in [-0.2, -0.15) is 0 Å². The molecule has 3 aliphatic rings. The molecule has 0 aromatic rings. The fourth-order valence-corrected chi connectivity index (χ4v) is 4.66. The van der Waals surface area contributed by atoms with Crippen LogP contribution in [0.4, 0.5) is 4.79 Å². The highest BCUT2D eigenvalue weighted by atomic mass is 16.6. The van der Waals surface area contributed by atoms with E-state index in [0.717, 1.165) is 25.7 Å². The van der Waals surface area contributed by atoms with Crippen LogP contribution >= 0.6 is 0 Å². The Balaban J connectivity index is 1.66. The molecule has 25 heavy (non-hydrogen) atoms. The number of carbonyl (C=O) groups excluding carboxylic acids is 2. The molecule has 2 unspecified atom stereocenters. The van der Waals surface area contributed by atoms with Gasteiger partial charge in [-0.3, -0.25) is 9.69 Å². The number of morpholine rings is 1. The van der Waals surface area contributed by atoms with Gasteiger partial charge in [-0.05, 0) is 46.5 Å². The van der Waals surface area contributed by atoms with E-state index in [9.17, 15) is 9.59 Å². The smallest absolute Gasteiger partial charge is 0.410 e. The normalized spacial score (nSPS) is 31.3. The maximum atomic E-state index is 13.1. The number of ketones is 1. The molecule has 1 aliphatic carbocycles. The standard InChI is InChI=1S/C20H33NO4/c1-20(2,3)25-19(23)21-16-10-15(11-17(21)13-24-12-16)18(22)14-8-6-4-5-7-9-14/h14-17H,4-13H2,1-3H3. The second-order valence-electron chi connectivity index (χ2n) is 8.99. The molecule has 142 valence electrons. The number of ether oxygens (including phenoxy) is 2. The summed E-state index contributed by atoms with van der Waals surface area (Å²) in [6, 6.07) is -0.0517. The van der Waals surface area contributed by atoms with Crippen LogP contribution in [-0.4, -0.2) is 47.7 Å². The van der Waals surface area contributed by atoms with E-state index in [1.807, 2.05) is 25.7 Å². The fraction of sp³-hybridized carbons (Fsp3) is 0.900. The number of rotatable bonds is 2. The van der Waals surface area contributed by atoms with Crippen molar-refractivity contribution in [3.8, 4) is 0 Å². The summed E-state index contributed by atoms with van der Waals surface area (Å²) in [5.74, 6) is 0.769. The molecule has 0 N–H and O–H groups in total. The van der Waals surface area contributed by atoms with Crippen LogP contribution in [0, 0.1) is 11.8 Å². The predicted octanol–water partition coefficient (Wildman–Crippen LogP) is 3.94. The molecule has 5 heteroatoms. The van der Waals surface area contributed by atoms with Crippen LogP contribution in [0.1, 0.15) is 72.1 Å². The maximum Gasteiger partial charge on any atom is 0.410 e. The summed E-state index contributed by atoms with van der Waals surface area (Å²) in [7, 11) is 0. The van der Waals surface area contributed by atoms with Gasteiger partial charge in [0.25, 0.3) is 0 Å². The highest BCUT2D eigenvalue weighted by molar-refractivity contribution is 5.84. The second kappa shape index (κ2) is 7.65. The van der Waals surface area contributed by atoms with E-state index in [0.29, 0.717) is 19.0 Å². The molecule has 0 radical (unpaired) electrons. The first-order valence-corrected chi connectivity index (χ1v) is 9.98. The van der Waals surface area contributed by atoms with E-state index in [4.69, 9.17) is 9.47 Å². The van der Waals surface area contributed by atoms with Crippen molar-refractivity contribution in [2.24, 2.45) is 11.8 Å². The molecule has 2 aliphatic heterocycles. The summed E-state index contributed by atoms with van der Waals surface area (Å²) in [4.78, 5) is 27.5. The molecular weight excluding hydrogens is 318 g/mol. The van der Waals surface area contributed by atoms with Crippen LogP contribution in [-0.2, 0) is 14.3 Å². The zero-order valence-corrected chi connectivity index (χ0v) is 16.0. The van der Waals surface area contributed by atoms with Crippen molar-refractivity contribution in [2.45, 2.75) is 89.8 Å². The SMILES string of the molecule is CC(C)(C)OC(=O)N1C2COCC1CC(C(=O)C1CCCCCC1)C2. The molecule has 0 aromatic heterocycles. The van der Waals surface area contributed by atoms with Gasteiger partial charge in [0.15, 0.2) is 0 Å². The molecule has 5 nitrogen and oxygen atoms in total. The van der Waals surface area contributed by atoms with Gasteiger partial charge in [0, 0.05) is 11.8 Å². The Kier molecular flexibility index (Phi) is 5.71. The Labute approximate surface area is 151 Å². The van der Waals surface area contributed by atoms with Crippen LogP contribution in [0.25, 0.3) is 0 Å². The lowest BCUT2D eigenvalue weighted by Crippen LogP contribution is -2.60. The predicted molar refractivity (Wildman–Crippen MR) is 95.4 cm³/mol. The number of Topliss-reactive ketones (excluding diaryl/α,β-unsaturated/α-hetero) is 1. The summed E-state index contributed by atoms with van der Waals surface area (Å²) in [5.41, 5.74) is -0.501.